The second-order valence-electron chi connectivity index (χ2n) is 4.65. The molecule has 0 aromatic carbocycles. The molecule has 0 unspecified atom stereocenters. The van der Waals surface area contributed by atoms with Gasteiger partial charge in [0.1, 0.15) is 6.10 Å². The molecule has 0 N–H and O–H groups in total. The monoisotopic (exact) mass is 238 g/mol. The summed E-state index contributed by atoms with van der Waals surface area (Å²) in [4.78, 5) is 1.56. The quantitative estimate of drug-likeness (QED) is 0.788. The number of ether oxygens (including phenoxy) is 2. The molecule has 1 aliphatic carbocycles. The SMILES string of the molecule is c1c(OC2CCOCC2)sc2c1CCCC2. The minimum absolute atomic E-state index is 0.383. The predicted molar refractivity (Wildman–Crippen MR) is 65.4 cm³/mol. The average Bonchev–Trinajstić information content (AvgIpc) is 2.72. The van der Waals surface area contributed by atoms with Crippen molar-refractivity contribution in [2.75, 3.05) is 13.2 Å². The van der Waals surface area contributed by atoms with Crippen LogP contribution < -0.4 is 4.74 Å². The highest BCUT2D eigenvalue weighted by Crippen LogP contribution is 2.35. The fourth-order valence-electron chi connectivity index (χ4n) is 2.48. The van der Waals surface area contributed by atoms with E-state index in [-0.39, 0.29) is 0 Å². The van der Waals surface area contributed by atoms with E-state index < -0.39 is 0 Å². The summed E-state index contributed by atoms with van der Waals surface area (Å²) < 4.78 is 11.4. The topological polar surface area (TPSA) is 18.5 Å². The van der Waals surface area contributed by atoms with E-state index in [1.807, 2.05) is 11.3 Å². The molecule has 1 aliphatic heterocycles. The predicted octanol–water partition coefficient (Wildman–Crippen LogP) is 3.18. The molecule has 0 radical (unpaired) electrons. The number of rotatable bonds is 2. The van der Waals surface area contributed by atoms with E-state index in [0.717, 1.165) is 31.1 Å². The molecule has 0 spiro atoms. The molecule has 2 nitrogen and oxygen atoms in total. The van der Waals surface area contributed by atoms with Gasteiger partial charge >= 0.3 is 0 Å². The molecule has 0 atom stereocenters. The van der Waals surface area contributed by atoms with Gasteiger partial charge in [0.05, 0.1) is 13.2 Å². The number of hydrogen-bond acceptors (Lipinski definition) is 3. The second-order valence-corrected chi connectivity index (χ2v) is 5.75. The van der Waals surface area contributed by atoms with Crippen LogP contribution in [0.2, 0.25) is 0 Å². The standard InChI is InChI=1S/C13H18O2S/c1-2-4-12-10(3-1)9-13(16-12)15-11-5-7-14-8-6-11/h9,11H,1-8H2. The Labute approximate surface area is 101 Å². The Kier molecular flexibility index (Phi) is 3.15. The number of thiophene rings is 1. The molecule has 1 saturated heterocycles. The summed E-state index contributed by atoms with van der Waals surface area (Å²) >= 11 is 1.87. The molecular weight excluding hydrogens is 220 g/mol. The van der Waals surface area contributed by atoms with Gasteiger partial charge in [-0.1, -0.05) is 0 Å². The van der Waals surface area contributed by atoms with Crippen molar-refractivity contribution >= 4 is 11.3 Å². The van der Waals surface area contributed by atoms with Crippen molar-refractivity contribution in [3.05, 3.63) is 16.5 Å². The van der Waals surface area contributed by atoms with Crippen LogP contribution in [-0.4, -0.2) is 19.3 Å². The smallest absolute Gasteiger partial charge is 0.174 e. The Morgan fingerprint density at radius 2 is 2.00 bits per heavy atom. The third-order valence-electron chi connectivity index (χ3n) is 3.43. The van der Waals surface area contributed by atoms with Crippen molar-refractivity contribution in [1.29, 1.82) is 0 Å². The Morgan fingerprint density at radius 1 is 1.19 bits per heavy atom. The van der Waals surface area contributed by atoms with E-state index in [2.05, 4.69) is 6.07 Å². The van der Waals surface area contributed by atoms with Gasteiger partial charge in [-0.2, -0.15) is 0 Å². The third-order valence-corrected chi connectivity index (χ3v) is 4.55. The molecule has 3 heteroatoms. The minimum atomic E-state index is 0.383. The van der Waals surface area contributed by atoms with Gasteiger partial charge in [-0.15, -0.1) is 11.3 Å². The molecule has 2 aliphatic rings. The highest BCUT2D eigenvalue weighted by Gasteiger charge is 2.19. The molecule has 2 heterocycles. The zero-order valence-corrected chi connectivity index (χ0v) is 10.4. The van der Waals surface area contributed by atoms with Crippen LogP contribution in [0.4, 0.5) is 0 Å². The first-order valence-electron chi connectivity index (χ1n) is 6.28. The highest BCUT2D eigenvalue weighted by atomic mass is 32.1. The fraction of sp³-hybridized carbons (Fsp3) is 0.692. The van der Waals surface area contributed by atoms with E-state index in [9.17, 15) is 0 Å². The summed E-state index contributed by atoms with van der Waals surface area (Å²) in [6.07, 6.45) is 7.68. The van der Waals surface area contributed by atoms with Crippen molar-refractivity contribution in [3.63, 3.8) is 0 Å². The Balaban J connectivity index is 1.67. The van der Waals surface area contributed by atoms with E-state index in [4.69, 9.17) is 9.47 Å². The summed E-state index contributed by atoms with van der Waals surface area (Å²) in [5, 5.41) is 1.14. The van der Waals surface area contributed by atoms with Crippen LogP contribution in [0.5, 0.6) is 5.06 Å². The molecule has 3 rings (SSSR count). The molecular formula is C13H18O2S. The van der Waals surface area contributed by atoms with Crippen molar-refractivity contribution in [1.82, 2.24) is 0 Å². The van der Waals surface area contributed by atoms with Crippen LogP contribution in [0.25, 0.3) is 0 Å². The molecule has 1 aromatic heterocycles. The van der Waals surface area contributed by atoms with E-state index >= 15 is 0 Å². The van der Waals surface area contributed by atoms with Gasteiger partial charge in [-0.25, -0.2) is 0 Å². The third kappa shape index (κ3) is 2.25. The van der Waals surface area contributed by atoms with E-state index in [1.54, 1.807) is 10.4 Å². The summed E-state index contributed by atoms with van der Waals surface area (Å²) in [5.74, 6) is 0. The molecule has 0 amide bonds. The molecule has 16 heavy (non-hydrogen) atoms. The van der Waals surface area contributed by atoms with Crippen molar-refractivity contribution in [2.45, 2.75) is 44.6 Å². The summed E-state index contributed by atoms with van der Waals surface area (Å²) in [5.41, 5.74) is 1.54. The average molecular weight is 238 g/mol. The molecule has 1 aromatic rings. The summed E-state index contributed by atoms with van der Waals surface area (Å²) in [6.45, 7) is 1.71. The zero-order valence-electron chi connectivity index (χ0n) is 9.54. The normalized spacial score (nSPS) is 21.8. The largest absolute Gasteiger partial charge is 0.481 e. The molecule has 0 bridgehead atoms. The Bertz CT molecular complexity index is 329. The summed E-state index contributed by atoms with van der Waals surface area (Å²) in [7, 11) is 0. The van der Waals surface area contributed by atoms with Crippen LogP contribution >= 0.6 is 11.3 Å². The number of aryl methyl sites for hydroxylation is 2. The van der Waals surface area contributed by atoms with Gasteiger partial charge in [-0.3, -0.25) is 0 Å². The first-order valence-corrected chi connectivity index (χ1v) is 7.09. The maximum absolute atomic E-state index is 6.05. The van der Waals surface area contributed by atoms with Crippen molar-refractivity contribution in [3.8, 4) is 5.06 Å². The second kappa shape index (κ2) is 4.76. The molecule has 0 saturated carbocycles. The lowest BCUT2D eigenvalue weighted by molar-refractivity contribution is 0.0271. The molecule has 1 fully saturated rings. The maximum Gasteiger partial charge on any atom is 0.174 e. The van der Waals surface area contributed by atoms with Gasteiger partial charge in [0, 0.05) is 17.7 Å². The van der Waals surface area contributed by atoms with E-state index in [1.165, 1.54) is 25.7 Å². The van der Waals surface area contributed by atoms with Crippen LogP contribution in [0.15, 0.2) is 6.07 Å². The van der Waals surface area contributed by atoms with E-state index in [0.29, 0.717) is 6.10 Å². The number of hydrogen-bond donors (Lipinski definition) is 0. The first kappa shape index (κ1) is 10.6. The lowest BCUT2D eigenvalue weighted by atomic mass is 10.00. The van der Waals surface area contributed by atoms with Crippen LogP contribution in [0.3, 0.4) is 0 Å². The van der Waals surface area contributed by atoms with Gasteiger partial charge in [0.2, 0.25) is 0 Å². The van der Waals surface area contributed by atoms with Gasteiger partial charge in [-0.05, 0) is 37.3 Å². The number of fused-ring (bicyclic) bond motifs is 1. The maximum atomic E-state index is 6.05. The van der Waals surface area contributed by atoms with Crippen LogP contribution in [0.1, 0.15) is 36.1 Å². The zero-order chi connectivity index (χ0) is 10.8. The Morgan fingerprint density at radius 3 is 2.81 bits per heavy atom. The van der Waals surface area contributed by atoms with Crippen molar-refractivity contribution in [2.24, 2.45) is 0 Å². The van der Waals surface area contributed by atoms with Crippen LogP contribution in [0, 0.1) is 0 Å². The van der Waals surface area contributed by atoms with Gasteiger partial charge in [0.15, 0.2) is 5.06 Å². The lowest BCUT2D eigenvalue weighted by Gasteiger charge is -2.22. The minimum Gasteiger partial charge on any atom is -0.481 e. The molecule has 88 valence electrons. The fourth-order valence-corrected chi connectivity index (χ4v) is 3.65. The first-order chi connectivity index (χ1) is 7.92. The Hall–Kier alpha value is -0.540. The highest BCUT2D eigenvalue weighted by molar-refractivity contribution is 7.14. The van der Waals surface area contributed by atoms with Gasteiger partial charge in [0.25, 0.3) is 0 Å². The lowest BCUT2D eigenvalue weighted by Crippen LogP contribution is -2.25. The van der Waals surface area contributed by atoms with Crippen LogP contribution in [-0.2, 0) is 17.6 Å². The van der Waals surface area contributed by atoms with Crippen molar-refractivity contribution < 1.29 is 9.47 Å². The van der Waals surface area contributed by atoms with Gasteiger partial charge < -0.3 is 9.47 Å². The summed E-state index contributed by atoms with van der Waals surface area (Å²) in [6, 6.07) is 2.27.